The Balaban J connectivity index is 1.83. The molecule has 1 fully saturated rings. The van der Waals surface area contributed by atoms with Crippen molar-refractivity contribution in [2.45, 2.75) is 98.4 Å². The van der Waals surface area contributed by atoms with Crippen LogP contribution in [0.25, 0.3) is 0 Å². The van der Waals surface area contributed by atoms with E-state index in [9.17, 15) is 9.59 Å². The first-order chi connectivity index (χ1) is 14.9. The zero-order valence-corrected chi connectivity index (χ0v) is 21.9. The van der Waals surface area contributed by atoms with Crippen LogP contribution in [0.4, 0.5) is 0 Å². The summed E-state index contributed by atoms with van der Waals surface area (Å²) in [5, 5.41) is 6.22. The van der Waals surface area contributed by atoms with Crippen molar-refractivity contribution in [3.05, 3.63) is 33.6 Å². The van der Waals surface area contributed by atoms with Crippen LogP contribution in [0, 0.1) is 17.8 Å². The van der Waals surface area contributed by atoms with Crippen molar-refractivity contribution in [2.24, 2.45) is 17.8 Å². The zero-order valence-electron chi connectivity index (χ0n) is 21.1. The molecule has 0 bridgehead atoms. The molecule has 0 spiro atoms. The predicted octanol–water partition coefficient (Wildman–Crippen LogP) is 6.50. The average molecular weight is 461 g/mol. The molecule has 0 saturated heterocycles. The van der Waals surface area contributed by atoms with Gasteiger partial charge in [0.15, 0.2) is 0 Å². The number of hydrogen-bond acceptors (Lipinski definition) is 3. The number of carbonyl (C=O) groups is 2. The van der Waals surface area contributed by atoms with Crippen molar-refractivity contribution in [2.75, 3.05) is 6.54 Å². The summed E-state index contributed by atoms with van der Waals surface area (Å²) < 4.78 is 0. The van der Waals surface area contributed by atoms with E-state index in [1.54, 1.807) is 11.8 Å². The van der Waals surface area contributed by atoms with Gasteiger partial charge in [-0.3, -0.25) is 9.59 Å². The maximum absolute atomic E-state index is 12.7. The second-order valence-electron chi connectivity index (χ2n) is 10.9. The summed E-state index contributed by atoms with van der Waals surface area (Å²) in [6.07, 6.45) is 10.1. The average Bonchev–Trinajstić information content (AvgIpc) is 2.88. The summed E-state index contributed by atoms with van der Waals surface area (Å²) >= 11 is 1.59. The highest BCUT2D eigenvalue weighted by Gasteiger charge is 2.26. The van der Waals surface area contributed by atoms with Crippen molar-refractivity contribution in [3.8, 4) is 0 Å². The largest absolute Gasteiger partial charge is 0.352 e. The second kappa shape index (κ2) is 12.1. The molecule has 1 aliphatic heterocycles. The van der Waals surface area contributed by atoms with Crippen LogP contribution in [0.3, 0.4) is 0 Å². The molecule has 2 amide bonds. The van der Waals surface area contributed by atoms with Gasteiger partial charge in [0.1, 0.15) is 0 Å². The maximum Gasteiger partial charge on any atom is 0.257 e. The van der Waals surface area contributed by atoms with Crippen LogP contribution in [0.2, 0.25) is 0 Å². The molecule has 1 heterocycles. The van der Waals surface area contributed by atoms with E-state index in [0.717, 1.165) is 49.1 Å². The lowest BCUT2D eigenvalue weighted by Gasteiger charge is -2.24. The molecule has 2 rings (SSSR count). The first-order valence-corrected chi connectivity index (χ1v) is 13.1. The minimum atomic E-state index is -0.189. The normalized spacial score (nSPS) is 24.4. The minimum Gasteiger partial charge on any atom is -0.352 e. The topological polar surface area (TPSA) is 58.2 Å². The van der Waals surface area contributed by atoms with E-state index < -0.39 is 0 Å². The lowest BCUT2D eigenvalue weighted by molar-refractivity contribution is -0.122. The molecule has 4 nitrogen and oxygen atoms in total. The Bertz CT molecular complexity index is 760. The van der Waals surface area contributed by atoms with Crippen LogP contribution >= 0.6 is 11.8 Å². The summed E-state index contributed by atoms with van der Waals surface area (Å²) in [7, 11) is 0. The molecule has 1 saturated carbocycles. The predicted molar refractivity (Wildman–Crippen MR) is 137 cm³/mol. The molecule has 0 aromatic rings. The fourth-order valence-corrected chi connectivity index (χ4v) is 5.66. The van der Waals surface area contributed by atoms with E-state index in [-0.39, 0.29) is 17.4 Å². The van der Waals surface area contributed by atoms with Gasteiger partial charge < -0.3 is 10.6 Å². The van der Waals surface area contributed by atoms with Gasteiger partial charge in [-0.2, -0.15) is 0 Å². The van der Waals surface area contributed by atoms with Gasteiger partial charge in [-0.15, -0.1) is 0 Å². The van der Waals surface area contributed by atoms with Gasteiger partial charge in [-0.25, -0.2) is 0 Å². The third-order valence-electron chi connectivity index (χ3n) is 6.52. The second-order valence-corrected chi connectivity index (χ2v) is 12.2. The molecule has 32 heavy (non-hydrogen) atoms. The highest BCUT2D eigenvalue weighted by molar-refractivity contribution is 8.07. The number of hydrogen-bond donors (Lipinski definition) is 2. The summed E-state index contributed by atoms with van der Waals surface area (Å²) in [5.74, 6) is 1.95. The van der Waals surface area contributed by atoms with Gasteiger partial charge in [-0.1, -0.05) is 43.3 Å². The van der Waals surface area contributed by atoms with Gasteiger partial charge in [-0.05, 0) is 101 Å². The molecule has 0 radical (unpaired) electrons. The molecule has 0 aromatic carbocycles. The van der Waals surface area contributed by atoms with Crippen LogP contribution in [0.5, 0.6) is 0 Å². The van der Waals surface area contributed by atoms with Crippen molar-refractivity contribution in [3.63, 3.8) is 0 Å². The highest BCUT2D eigenvalue weighted by Crippen LogP contribution is 2.37. The number of allylic oxidation sites excluding steroid dienone is 4. The lowest BCUT2D eigenvalue weighted by Crippen LogP contribution is -2.40. The quantitative estimate of drug-likeness (QED) is 0.321. The third kappa shape index (κ3) is 9.17. The Morgan fingerprint density at radius 1 is 1.16 bits per heavy atom. The fourth-order valence-electron chi connectivity index (χ4n) is 4.74. The summed E-state index contributed by atoms with van der Waals surface area (Å²) in [4.78, 5) is 27.0. The molecule has 2 N–H and O–H groups in total. The van der Waals surface area contributed by atoms with Gasteiger partial charge in [0.25, 0.3) is 5.91 Å². The molecule has 0 unspecified atom stereocenters. The van der Waals surface area contributed by atoms with Crippen LogP contribution in [0.15, 0.2) is 33.6 Å². The first-order valence-electron chi connectivity index (χ1n) is 12.3. The number of amides is 2. The van der Waals surface area contributed by atoms with Crippen LogP contribution < -0.4 is 10.6 Å². The van der Waals surface area contributed by atoms with Crippen molar-refractivity contribution >= 4 is 23.6 Å². The minimum absolute atomic E-state index is 0.0763. The van der Waals surface area contributed by atoms with Crippen LogP contribution in [0.1, 0.15) is 92.9 Å². The molecular formula is C27H44N2O2S. The fraction of sp³-hybridized carbons (Fsp3) is 0.704. The van der Waals surface area contributed by atoms with E-state index in [0.29, 0.717) is 24.2 Å². The summed E-state index contributed by atoms with van der Waals surface area (Å²) in [6, 6.07) is 0. The Hall–Kier alpha value is -1.49. The molecule has 5 heteroatoms. The Morgan fingerprint density at radius 2 is 1.88 bits per heavy atom. The number of carbonyl (C=O) groups excluding carboxylic acids is 2. The monoisotopic (exact) mass is 460 g/mol. The SMILES string of the molecule is C=C(CCC(=O)NC(C)(C)C)[C@@H]1CC[C@H](C)C[C@H](CCNC(=O)C2=C(C)CC=C(C)S2)C1. The molecule has 3 atom stereocenters. The van der Waals surface area contributed by atoms with E-state index in [1.807, 2.05) is 20.8 Å². The van der Waals surface area contributed by atoms with Gasteiger partial charge in [0.2, 0.25) is 5.91 Å². The Labute approximate surface area is 200 Å². The van der Waals surface area contributed by atoms with Gasteiger partial charge in [0, 0.05) is 18.5 Å². The molecule has 180 valence electrons. The molecule has 0 aromatic heterocycles. The lowest BCUT2D eigenvalue weighted by atomic mass is 9.84. The smallest absolute Gasteiger partial charge is 0.257 e. The van der Waals surface area contributed by atoms with Gasteiger partial charge in [0.05, 0.1) is 4.91 Å². The first kappa shape index (κ1) is 26.8. The number of rotatable bonds is 8. The zero-order chi connectivity index (χ0) is 23.9. The van der Waals surface area contributed by atoms with Crippen LogP contribution in [-0.2, 0) is 9.59 Å². The van der Waals surface area contributed by atoms with E-state index in [4.69, 9.17) is 0 Å². The Kier molecular flexibility index (Phi) is 10.1. The van der Waals surface area contributed by atoms with E-state index in [2.05, 4.69) is 44.1 Å². The highest BCUT2D eigenvalue weighted by atomic mass is 32.2. The summed E-state index contributed by atoms with van der Waals surface area (Å²) in [6.45, 7) is 17.6. The third-order valence-corrected chi connectivity index (χ3v) is 7.74. The van der Waals surface area contributed by atoms with Crippen molar-refractivity contribution in [1.29, 1.82) is 0 Å². The summed E-state index contributed by atoms with van der Waals surface area (Å²) in [5.41, 5.74) is 2.19. The van der Waals surface area contributed by atoms with Crippen LogP contribution in [-0.4, -0.2) is 23.9 Å². The van der Waals surface area contributed by atoms with Crippen molar-refractivity contribution in [1.82, 2.24) is 10.6 Å². The van der Waals surface area contributed by atoms with E-state index >= 15 is 0 Å². The standard InChI is InChI=1S/C27H44N2O2S/c1-18-8-12-23(19(2)10-13-24(30)29-27(5,6)7)17-22(16-18)14-15-28-26(31)25-20(3)9-11-21(4)32-25/h11,18,22-23H,2,8-10,12-17H2,1,3-7H3,(H,28,31)(H,29,30)/t18-,22-,23+/m0/s1. The number of nitrogens with one attached hydrogen (secondary N) is 2. The molecular weight excluding hydrogens is 416 g/mol. The van der Waals surface area contributed by atoms with Gasteiger partial charge >= 0.3 is 0 Å². The van der Waals surface area contributed by atoms with Crippen molar-refractivity contribution < 1.29 is 9.59 Å². The van der Waals surface area contributed by atoms with E-state index in [1.165, 1.54) is 23.3 Å². The Morgan fingerprint density at radius 3 is 2.56 bits per heavy atom. The molecule has 1 aliphatic carbocycles. The molecule has 2 aliphatic rings. The maximum atomic E-state index is 12.7. The number of thioether (sulfide) groups is 1.